The van der Waals surface area contributed by atoms with Crippen LogP contribution >= 0.6 is 12.4 Å². The van der Waals surface area contributed by atoms with E-state index in [1.165, 1.54) is 6.07 Å². The fourth-order valence-corrected chi connectivity index (χ4v) is 1.90. The summed E-state index contributed by atoms with van der Waals surface area (Å²) >= 11 is 0. The first-order chi connectivity index (χ1) is 8.74. The van der Waals surface area contributed by atoms with E-state index in [-0.39, 0.29) is 18.2 Å². The lowest BCUT2D eigenvalue weighted by atomic mass is 10.1. The standard InChI is InChI=1S/C13H11FN4.ClH/c14-10-4-2-1-3-8(10)7-11-17-12(15)9-5-6-16-13(9)18-11;/h1-6H,7H2,(H3,15,16,17,18);1H. The van der Waals surface area contributed by atoms with Crippen LogP contribution < -0.4 is 5.73 Å². The van der Waals surface area contributed by atoms with E-state index >= 15 is 0 Å². The van der Waals surface area contributed by atoms with E-state index in [0.29, 0.717) is 29.3 Å². The van der Waals surface area contributed by atoms with Gasteiger partial charge in [0.2, 0.25) is 0 Å². The summed E-state index contributed by atoms with van der Waals surface area (Å²) in [6.07, 6.45) is 2.08. The van der Waals surface area contributed by atoms with E-state index in [9.17, 15) is 4.39 Å². The predicted octanol–water partition coefficient (Wildman–Crippen LogP) is 2.69. The highest BCUT2D eigenvalue weighted by atomic mass is 35.5. The van der Waals surface area contributed by atoms with Crippen molar-refractivity contribution in [1.82, 2.24) is 15.0 Å². The number of nitrogens with one attached hydrogen (secondary N) is 1. The van der Waals surface area contributed by atoms with Gasteiger partial charge in [-0.15, -0.1) is 12.4 Å². The molecule has 4 nitrogen and oxygen atoms in total. The number of aromatic amines is 1. The molecule has 2 aromatic heterocycles. The summed E-state index contributed by atoms with van der Waals surface area (Å²) in [5.74, 6) is 0.659. The van der Waals surface area contributed by atoms with E-state index in [4.69, 9.17) is 5.73 Å². The minimum Gasteiger partial charge on any atom is -0.383 e. The van der Waals surface area contributed by atoms with Crippen LogP contribution in [0.1, 0.15) is 11.4 Å². The van der Waals surface area contributed by atoms with Gasteiger partial charge >= 0.3 is 0 Å². The highest BCUT2D eigenvalue weighted by Gasteiger charge is 2.08. The van der Waals surface area contributed by atoms with Crippen LogP contribution in [0.2, 0.25) is 0 Å². The SMILES string of the molecule is Cl.Nc1nc(Cc2ccccc2F)nc2[nH]ccc12. The number of aromatic nitrogens is 3. The van der Waals surface area contributed by atoms with Crippen molar-refractivity contribution in [3.8, 4) is 0 Å². The number of benzene rings is 1. The molecule has 0 bridgehead atoms. The highest BCUT2D eigenvalue weighted by Crippen LogP contribution is 2.18. The molecule has 6 heteroatoms. The summed E-state index contributed by atoms with van der Waals surface area (Å²) in [7, 11) is 0. The molecule has 0 atom stereocenters. The summed E-state index contributed by atoms with van der Waals surface area (Å²) in [5, 5.41) is 0.785. The minimum absolute atomic E-state index is 0. The number of hydrogen-bond acceptors (Lipinski definition) is 3. The number of halogens is 2. The van der Waals surface area contributed by atoms with Crippen molar-refractivity contribution in [3.63, 3.8) is 0 Å². The largest absolute Gasteiger partial charge is 0.383 e. The second kappa shape index (κ2) is 5.24. The molecule has 0 saturated carbocycles. The number of hydrogen-bond donors (Lipinski definition) is 2. The molecule has 0 aliphatic carbocycles. The van der Waals surface area contributed by atoms with Gasteiger partial charge in [-0.3, -0.25) is 0 Å². The molecule has 3 aromatic rings. The average molecular weight is 279 g/mol. The van der Waals surface area contributed by atoms with Crippen molar-refractivity contribution in [1.29, 1.82) is 0 Å². The van der Waals surface area contributed by atoms with E-state index in [0.717, 1.165) is 5.39 Å². The van der Waals surface area contributed by atoms with Crippen LogP contribution in [0, 0.1) is 5.82 Å². The summed E-state index contributed by atoms with van der Waals surface area (Å²) < 4.78 is 13.5. The van der Waals surface area contributed by atoms with Crippen molar-refractivity contribution in [2.75, 3.05) is 5.73 Å². The Hall–Kier alpha value is -2.14. The molecule has 0 amide bonds. The third kappa shape index (κ3) is 2.51. The Balaban J connectivity index is 0.00000133. The van der Waals surface area contributed by atoms with Gasteiger partial charge in [0.25, 0.3) is 0 Å². The molecule has 0 spiro atoms. The van der Waals surface area contributed by atoms with Crippen molar-refractivity contribution >= 4 is 29.3 Å². The van der Waals surface area contributed by atoms with Crippen molar-refractivity contribution < 1.29 is 4.39 Å². The van der Waals surface area contributed by atoms with Crippen molar-refractivity contribution in [2.24, 2.45) is 0 Å². The maximum absolute atomic E-state index is 13.5. The normalized spacial score (nSPS) is 10.4. The Morgan fingerprint density at radius 3 is 2.74 bits per heavy atom. The first-order valence-corrected chi connectivity index (χ1v) is 5.57. The van der Waals surface area contributed by atoms with Gasteiger partial charge in [0.1, 0.15) is 23.1 Å². The predicted molar refractivity (Wildman–Crippen MR) is 74.8 cm³/mol. The molecule has 98 valence electrons. The van der Waals surface area contributed by atoms with Crippen molar-refractivity contribution in [3.05, 3.63) is 53.7 Å². The summed E-state index contributed by atoms with van der Waals surface area (Å²) in [5.41, 5.74) is 7.06. The quantitative estimate of drug-likeness (QED) is 0.757. The van der Waals surface area contributed by atoms with E-state index in [1.54, 1.807) is 24.4 Å². The molecule has 1 aromatic carbocycles. The van der Waals surface area contributed by atoms with Crippen LogP contribution in [0.3, 0.4) is 0 Å². The molecule has 0 radical (unpaired) electrons. The molecule has 3 N–H and O–H groups in total. The minimum atomic E-state index is -0.258. The number of nitrogens with two attached hydrogens (primary N) is 1. The Morgan fingerprint density at radius 1 is 1.16 bits per heavy atom. The topological polar surface area (TPSA) is 67.6 Å². The Bertz CT molecular complexity index is 711. The molecule has 0 unspecified atom stereocenters. The van der Waals surface area contributed by atoms with Crippen LogP contribution in [-0.2, 0) is 6.42 Å². The van der Waals surface area contributed by atoms with Gasteiger partial charge in [-0.2, -0.15) is 0 Å². The first-order valence-electron chi connectivity index (χ1n) is 5.57. The van der Waals surface area contributed by atoms with Gasteiger partial charge in [0.05, 0.1) is 5.39 Å². The zero-order valence-corrected chi connectivity index (χ0v) is 10.7. The summed E-state index contributed by atoms with van der Waals surface area (Å²) in [6, 6.07) is 8.40. The monoisotopic (exact) mass is 278 g/mol. The Morgan fingerprint density at radius 2 is 1.95 bits per heavy atom. The summed E-state index contributed by atoms with van der Waals surface area (Å²) in [4.78, 5) is 11.5. The van der Waals surface area contributed by atoms with E-state index < -0.39 is 0 Å². The molecular weight excluding hydrogens is 267 g/mol. The molecule has 2 heterocycles. The number of rotatable bonds is 2. The number of nitrogens with zero attached hydrogens (tertiary/aromatic N) is 2. The number of H-pyrrole nitrogens is 1. The number of nitrogen functional groups attached to an aromatic ring is 1. The molecule has 0 aliphatic rings. The van der Waals surface area contributed by atoms with Gasteiger partial charge < -0.3 is 10.7 Å². The lowest BCUT2D eigenvalue weighted by Gasteiger charge is -2.03. The molecular formula is C13H12ClFN4. The van der Waals surface area contributed by atoms with Crippen LogP contribution in [-0.4, -0.2) is 15.0 Å². The van der Waals surface area contributed by atoms with E-state index in [1.807, 2.05) is 6.07 Å². The zero-order valence-electron chi connectivity index (χ0n) is 9.93. The smallest absolute Gasteiger partial charge is 0.143 e. The van der Waals surface area contributed by atoms with Crippen LogP contribution in [0.4, 0.5) is 10.2 Å². The van der Waals surface area contributed by atoms with Crippen LogP contribution in [0.5, 0.6) is 0 Å². The third-order valence-electron chi connectivity index (χ3n) is 2.80. The van der Waals surface area contributed by atoms with Gasteiger partial charge in [0, 0.05) is 12.6 Å². The second-order valence-corrected chi connectivity index (χ2v) is 4.03. The summed E-state index contributed by atoms with van der Waals surface area (Å²) in [6.45, 7) is 0. The zero-order chi connectivity index (χ0) is 12.5. The van der Waals surface area contributed by atoms with Gasteiger partial charge in [0.15, 0.2) is 0 Å². The average Bonchev–Trinajstić information content (AvgIpc) is 2.81. The molecule has 0 aliphatic heterocycles. The Labute approximate surface area is 115 Å². The van der Waals surface area contributed by atoms with Crippen LogP contribution in [0.25, 0.3) is 11.0 Å². The fourth-order valence-electron chi connectivity index (χ4n) is 1.90. The van der Waals surface area contributed by atoms with E-state index in [2.05, 4.69) is 15.0 Å². The number of anilines is 1. The fraction of sp³-hybridized carbons (Fsp3) is 0.0769. The molecule has 0 fully saturated rings. The highest BCUT2D eigenvalue weighted by molar-refractivity contribution is 5.85. The molecule has 19 heavy (non-hydrogen) atoms. The maximum Gasteiger partial charge on any atom is 0.143 e. The van der Waals surface area contributed by atoms with Crippen molar-refractivity contribution in [2.45, 2.75) is 6.42 Å². The molecule has 3 rings (SSSR count). The lowest BCUT2D eigenvalue weighted by molar-refractivity contribution is 0.612. The Kier molecular flexibility index (Phi) is 3.66. The lowest BCUT2D eigenvalue weighted by Crippen LogP contribution is -2.02. The third-order valence-corrected chi connectivity index (χ3v) is 2.80. The van der Waals surface area contributed by atoms with Gasteiger partial charge in [-0.25, -0.2) is 14.4 Å². The van der Waals surface area contributed by atoms with Gasteiger partial charge in [-0.05, 0) is 17.7 Å². The second-order valence-electron chi connectivity index (χ2n) is 4.03. The van der Waals surface area contributed by atoms with Crippen LogP contribution in [0.15, 0.2) is 36.5 Å². The molecule has 0 saturated heterocycles. The number of fused-ring (bicyclic) bond motifs is 1. The van der Waals surface area contributed by atoms with Gasteiger partial charge in [-0.1, -0.05) is 18.2 Å². The maximum atomic E-state index is 13.5. The first kappa shape index (κ1) is 13.3.